The lowest BCUT2D eigenvalue weighted by Crippen LogP contribution is -2.50. The molecule has 0 spiro atoms. The maximum absolute atomic E-state index is 14.1. The molecule has 0 aliphatic carbocycles. The number of halogens is 2. The molecule has 2 atom stereocenters. The minimum Gasteiger partial charge on any atom is -0.483 e. The van der Waals surface area contributed by atoms with E-state index in [1.54, 1.807) is 4.57 Å². The molecule has 0 saturated carbocycles. The lowest BCUT2D eigenvalue weighted by molar-refractivity contribution is 0.0510. The predicted molar refractivity (Wildman–Crippen MR) is 135 cm³/mol. The molecule has 0 bridgehead atoms. The second-order valence-electron chi connectivity index (χ2n) is 10.1. The van der Waals surface area contributed by atoms with Gasteiger partial charge in [0.15, 0.2) is 17.2 Å². The van der Waals surface area contributed by atoms with E-state index in [1.165, 1.54) is 12.3 Å². The minimum absolute atomic E-state index is 0.0110. The van der Waals surface area contributed by atoms with Crippen molar-refractivity contribution in [3.05, 3.63) is 99.0 Å². The van der Waals surface area contributed by atoms with Gasteiger partial charge in [-0.25, -0.2) is 8.78 Å². The highest BCUT2D eigenvalue weighted by molar-refractivity contribution is 6.00. The number of ether oxygens (including phenoxy) is 1. The third kappa shape index (κ3) is 4.30. The molecule has 2 fully saturated rings. The average molecular weight is 520 g/mol. The second-order valence-corrected chi connectivity index (χ2v) is 10.1. The highest BCUT2D eigenvalue weighted by Gasteiger charge is 2.48. The molecule has 0 radical (unpaired) electrons. The van der Waals surface area contributed by atoms with Gasteiger partial charge in [-0.05, 0) is 36.5 Å². The summed E-state index contributed by atoms with van der Waals surface area (Å²) in [6, 6.07) is 12.8. The van der Waals surface area contributed by atoms with E-state index in [9.17, 15) is 23.2 Å². The van der Waals surface area contributed by atoms with Gasteiger partial charge in [-0.3, -0.25) is 19.3 Å². The van der Waals surface area contributed by atoms with E-state index >= 15 is 0 Å². The summed E-state index contributed by atoms with van der Waals surface area (Å²) in [7, 11) is 0. The van der Waals surface area contributed by atoms with Gasteiger partial charge in [0, 0.05) is 37.8 Å². The summed E-state index contributed by atoms with van der Waals surface area (Å²) < 4.78 is 35.0. The van der Waals surface area contributed by atoms with Crippen LogP contribution in [-0.2, 0) is 19.6 Å². The molecule has 6 rings (SSSR count). The summed E-state index contributed by atoms with van der Waals surface area (Å²) in [4.78, 5) is 44.7. The number of amides is 1. The number of carbonyl (C=O) groups excluding carboxylic acids is 2. The number of hydrogen-bond acceptors (Lipinski definition) is 5. The van der Waals surface area contributed by atoms with Crippen LogP contribution in [0.2, 0.25) is 0 Å². The zero-order valence-corrected chi connectivity index (χ0v) is 20.7. The van der Waals surface area contributed by atoms with E-state index in [2.05, 4.69) is 4.90 Å². The largest absolute Gasteiger partial charge is 0.483 e. The average Bonchev–Trinajstić information content (AvgIpc) is 3.51. The summed E-state index contributed by atoms with van der Waals surface area (Å²) in [5.74, 6) is -2.33. The van der Waals surface area contributed by atoms with E-state index in [-0.39, 0.29) is 54.1 Å². The summed E-state index contributed by atoms with van der Waals surface area (Å²) >= 11 is 0. The number of benzene rings is 2. The van der Waals surface area contributed by atoms with Gasteiger partial charge in [0.25, 0.3) is 5.91 Å². The van der Waals surface area contributed by atoms with E-state index in [0.717, 1.165) is 37.1 Å². The van der Waals surface area contributed by atoms with Gasteiger partial charge < -0.3 is 14.2 Å². The van der Waals surface area contributed by atoms with Crippen LogP contribution in [0.3, 0.4) is 0 Å². The molecule has 1 aromatic heterocycles. The monoisotopic (exact) mass is 519 g/mol. The van der Waals surface area contributed by atoms with Gasteiger partial charge in [-0.15, -0.1) is 0 Å². The number of pyridine rings is 1. The molecule has 4 heterocycles. The first-order valence-electron chi connectivity index (χ1n) is 12.9. The maximum atomic E-state index is 14.1. The number of Topliss-reactive ketones (excluding diaryl/α,β-unsaturated/α-hetero) is 1. The molecule has 1 amide bonds. The van der Waals surface area contributed by atoms with Crippen molar-refractivity contribution in [1.29, 1.82) is 0 Å². The molecule has 3 aromatic rings. The highest BCUT2D eigenvalue weighted by atomic mass is 19.1. The summed E-state index contributed by atoms with van der Waals surface area (Å²) in [5.41, 5.74) is 0.414. The summed E-state index contributed by atoms with van der Waals surface area (Å²) in [6.45, 7) is 2.00. The molecule has 0 N–H and O–H groups in total. The van der Waals surface area contributed by atoms with Crippen LogP contribution >= 0.6 is 0 Å². The van der Waals surface area contributed by atoms with E-state index in [0.29, 0.717) is 19.1 Å². The highest BCUT2D eigenvalue weighted by Crippen LogP contribution is 2.35. The van der Waals surface area contributed by atoms with E-state index in [4.69, 9.17) is 4.74 Å². The molecule has 196 valence electrons. The Morgan fingerprint density at radius 1 is 1.05 bits per heavy atom. The Hall–Kier alpha value is -3.85. The Morgan fingerprint density at radius 3 is 2.66 bits per heavy atom. The lowest BCUT2D eigenvalue weighted by atomic mass is 10.0. The smallest absolute Gasteiger partial charge is 0.275 e. The Labute approximate surface area is 218 Å². The molecule has 3 aliphatic rings. The fraction of sp³-hybridized carbons (Fsp3) is 0.345. The van der Waals surface area contributed by atoms with Gasteiger partial charge >= 0.3 is 0 Å². The topological polar surface area (TPSA) is 71.8 Å². The van der Waals surface area contributed by atoms with Crippen LogP contribution in [0.15, 0.2) is 59.5 Å². The van der Waals surface area contributed by atoms with Crippen molar-refractivity contribution < 1.29 is 23.1 Å². The van der Waals surface area contributed by atoms with Gasteiger partial charge in [0.05, 0.1) is 12.1 Å². The van der Waals surface area contributed by atoms with Crippen molar-refractivity contribution in [3.8, 4) is 5.75 Å². The molecular formula is C29H27F2N3O4. The first-order valence-corrected chi connectivity index (χ1v) is 12.9. The van der Waals surface area contributed by atoms with Gasteiger partial charge in [-0.2, -0.15) is 0 Å². The SMILES string of the molecule is O=C(CCc1ccc(F)cc1F)c1cn2c(c(OCc3ccccc3)c1=O)C(=O)N1C[C@@H]3CCCN3[C@H]1C2. The number of ketones is 1. The number of hydrogen-bond donors (Lipinski definition) is 0. The molecular weight excluding hydrogens is 492 g/mol. The van der Waals surface area contributed by atoms with Crippen molar-refractivity contribution in [2.45, 2.75) is 51.0 Å². The van der Waals surface area contributed by atoms with Crippen LogP contribution in [0.4, 0.5) is 8.78 Å². The van der Waals surface area contributed by atoms with Crippen LogP contribution in [0.1, 0.15) is 51.2 Å². The number of aryl methyl sites for hydroxylation is 1. The standard InChI is InChI=1S/C29H27F2N3O4/c30-20-10-8-19(23(31)13-20)9-11-24(35)22-15-32-16-25-33-12-4-7-21(33)14-34(25)29(37)26(32)28(27(22)36)38-17-18-5-2-1-3-6-18/h1-3,5-6,8,10,13,15,21,25H,4,7,9,11-12,14,16-17H2/t21-,25+/m0/s1. The third-order valence-corrected chi connectivity index (χ3v) is 7.80. The predicted octanol–water partition coefficient (Wildman–Crippen LogP) is 3.78. The van der Waals surface area contributed by atoms with Crippen LogP contribution in [0, 0.1) is 11.6 Å². The molecule has 3 aliphatic heterocycles. The van der Waals surface area contributed by atoms with Gasteiger partial charge in [0.1, 0.15) is 24.4 Å². The lowest BCUT2D eigenvalue weighted by Gasteiger charge is -2.36. The fourth-order valence-corrected chi connectivity index (χ4v) is 5.88. The second kappa shape index (κ2) is 9.79. The molecule has 0 unspecified atom stereocenters. The van der Waals surface area contributed by atoms with Crippen LogP contribution in [0.25, 0.3) is 0 Å². The Bertz CT molecular complexity index is 1470. The quantitative estimate of drug-likeness (QED) is 0.445. The van der Waals surface area contributed by atoms with Crippen LogP contribution < -0.4 is 10.2 Å². The number of aromatic nitrogens is 1. The number of nitrogens with zero attached hydrogens (tertiary/aromatic N) is 3. The summed E-state index contributed by atoms with van der Waals surface area (Å²) in [6.07, 6.45) is 3.28. The zero-order valence-electron chi connectivity index (χ0n) is 20.7. The summed E-state index contributed by atoms with van der Waals surface area (Å²) in [5, 5.41) is 0. The molecule has 38 heavy (non-hydrogen) atoms. The Morgan fingerprint density at radius 2 is 1.87 bits per heavy atom. The van der Waals surface area contributed by atoms with Gasteiger partial charge in [0.2, 0.25) is 5.43 Å². The normalized spacial score (nSPS) is 20.3. The molecule has 9 heteroatoms. The van der Waals surface area contributed by atoms with Crippen LogP contribution in [-0.4, -0.2) is 51.4 Å². The van der Waals surface area contributed by atoms with Gasteiger partial charge in [-0.1, -0.05) is 36.4 Å². The van der Waals surface area contributed by atoms with Crippen molar-refractivity contribution >= 4 is 11.7 Å². The van der Waals surface area contributed by atoms with Crippen LogP contribution in [0.5, 0.6) is 5.75 Å². The fourth-order valence-electron chi connectivity index (χ4n) is 5.88. The van der Waals surface area contributed by atoms with Crippen molar-refractivity contribution in [1.82, 2.24) is 14.4 Å². The first-order chi connectivity index (χ1) is 18.4. The molecule has 7 nitrogen and oxygen atoms in total. The van der Waals surface area contributed by atoms with Crippen molar-refractivity contribution in [2.24, 2.45) is 0 Å². The molecule has 2 saturated heterocycles. The minimum atomic E-state index is -0.737. The number of rotatable bonds is 7. The number of fused-ring (bicyclic) bond motifs is 4. The Kier molecular flexibility index (Phi) is 6.31. The van der Waals surface area contributed by atoms with Crippen molar-refractivity contribution in [3.63, 3.8) is 0 Å². The zero-order chi connectivity index (χ0) is 26.4. The maximum Gasteiger partial charge on any atom is 0.275 e. The van der Waals surface area contributed by atoms with E-state index < -0.39 is 22.8 Å². The van der Waals surface area contributed by atoms with Crippen molar-refractivity contribution in [2.75, 3.05) is 13.1 Å². The molecule has 2 aromatic carbocycles. The first kappa shape index (κ1) is 24.5. The van der Waals surface area contributed by atoms with E-state index in [1.807, 2.05) is 35.2 Å². The number of carbonyl (C=O) groups is 2. The Balaban J connectivity index is 1.35. The third-order valence-electron chi connectivity index (χ3n) is 7.80.